The largest absolute Gasteiger partial charge is 0.393 e. The van der Waals surface area contributed by atoms with Gasteiger partial charge in [-0.1, -0.05) is 43.4 Å². The van der Waals surface area contributed by atoms with Gasteiger partial charge in [-0.25, -0.2) is 0 Å². The van der Waals surface area contributed by atoms with Crippen LogP contribution in [0.25, 0.3) is 0 Å². The molecule has 0 radical (unpaired) electrons. The fourth-order valence-corrected chi connectivity index (χ4v) is 8.28. The molecule has 0 amide bonds. The maximum Gasteiger partial charge on any atom is 0.0543 e. The Morgan fingerprint density at radius 1 is 0.862 bits per heavy atom. The predicted molar refractivity (Wildman–Crippen MR) is 119 cm³/mol. The summed E-state index contributed by atoms with van der Waals surface area (Å²) in [7, 11) is 0. The number of fused-ring (bicyclic) bond motifs is 5. The number of rotatable bonds is 0. The molecule has 1 heteroatoms. The lowest BCUT2D eigenvalue weighted by Crippen LogP contribution is -2.53. The lowest BCUT2D eigenvalue weighted by Gasteiger charge is -2.60. The number of aliphatic hydroxyl groups is 1. The molecule has 4 saturated carbocycles. The molecule has 5 rings (SSSR count). The van der Waals surface area contributed by atoms with Crippen LogP contribution in [-0.2, 0) is 0 Å². The van der Waals surface area contributed by atoms with E-state index in [1.54, 1.807) is 0 Å². The molecule has 1 N–H and O–H groups in total. The molecule has 8 atom stereocenters. The van der Waals surface area contributed by atoms with E-state index in [1.165, 1.54) is 56.1 Å². The topological polar surface area (TPSA) is 20.2 Å². The first-order valence-corrected chi connectivity index (χ1v) is 12.2. The molecule has 0 bridgehead atoms. The highest BCUT2D eigenvalue weighted by Crippen LogP contribution is 2.67. The first-order chi connectivity index (χ1) is 13.9. The van der Waals surface area contributed by atoms with Gasteiger partial charge in [0.25, 0.3) is 0 Å². The Morgan fingerprint density at radius 2 is 1.59 bits per heavy atom. The van der Waals surface area contributed by atoms with E-state index in [-0.39, 0.29) is 6.10 Å². The first kappa shape index (κ1) is 19.7. The van der Waals surface area contributed by atoms with E-state index in [0.29, 0.717) is 16.7 Å². The predicted octanol–water partition coefficient (Wildman–Crippen LogP) is 6.37. The average molecular weight is 391 g/mol. The lowest BCUT2D eigenvalue weighted by molar-refractivity contribution is -0.124. The summed E-state index contributed by atoms with van der Waals surface area (Å²) in [6.07, 6.45) is 11.5. The minimum atomic E-state index is -0.0357. The van der Waals surface area contributed by atoms with Gasteiger partial charge in [-0.05, 0) is 111 Å². The summed E-state index contributed by atoms with van der Waals surface area (Å²) < 4.78 is 0. The first-order valence-electron chi connectivity index (χ1n) is 12.2. The van der Waals surface area contributed by atoms with Crippen molar-refractivity contribution in [3.63, 3.8) is 0 Å². The summed E-state index contributed by atoms with van der Waals surface area (Å²) in [5.41, 5.74) is 3.37. The molecule has 0 spiro atoms. The summed E-state index contributed by atoms with van der Waals surface area (Å²) in [5.74, 6) is 11.2. The van der Waals surface area contributed by atoms with Crippen LogP contribution in [0.1, 0.15) is 82.8 Å². The third-order valence-electron chi connectivity index (χ3n) is 10.1. The van der Waals surface area contributed by atoms with E-state index in [9.17, 15) is 5.11 Å². The molecule has 4 fully saturated rings. The summed E-state index contributed by atoms with van der Waals surface area (Å²) in [6, 6.07) is 8.70. The fraction of sp³-hybridized carbons (Fsp3) is 0.714. The monoisotopic (exact) mass is 390 g/mol. The zero-order valence-electron chi connectivity index (χ0n) is 18.6. The van der Waals surface area contributed by atoms with Gasteiger partial charge in [0, 0.05) is 11.5 Å². The van der Waals surface area contributed by atoms with Gasteiger partial charge in [0.1, 0.15) is 0 Å². The third kappa shape index (κ3) is 3.18. The Kier molecular flexibility index (Phi) is 4.86. The second-order valence-electron chi connectivity index (χ2n) is 11.4. The van der Waals surface area contributed by atoms with Gasteiger partial charge in [-0.15, -0.1) is 0 Å². The Morgan fingerprint density at radius 3 is 2.38 bits per heavy atom. The molecular formula is C28H38O. The van der Waals surface area contributed by atoms with Crippen molar-refractivity contribution >= 4 is 0 Å². The van der Waals surface area contributed by atoms with E-state index in [0.717, 1.165) is 36.5 Å². The summed E-state index contributed by atoms with van der Waals surface area (Å²) >= 11 is 0. The Labute approximate surface area is 177 Å². The van der Waals surface area contributed by atoms with Crippen molar-refractivity contribution < 1.29 is 5.11 Å². The standard InChI is InChI=1S/C28H38O/c1-19-4-6-20(7-5-19)8-9-21-11-13-25-24-12-10-22-18-23(29)14-16-28(22,3)26(24)15-17-27(21,25)2/h4-7,21-26,29H,10-18H2,1-3H3/t21-,22-,23+,24?,25?,26?,27+,28-/m0/s1. The molecule has 0 heterocycles. The summed E-state index contributed by atoms with van der Waals surface area (Å²) in [5, 5.41) is 10.2. The molecule has 1 aromatic rings. The smallest absolute Gasteiger partial charge is 0.0543 e. The molecule has 156 valence electrons. The highest BCUT2D eigenvalue weighted by molar-refractivity contribution is 5.37. The second-order valence-corrected chi connectivity index (χ2v) is 11.4. The summed E-state index contributed by atoms with van der Waals surface area (Å²) in [4.78, 5) is 0. The van der Waals surface area contributed by atoms with Gasteiger partial charge in [0.2, 0.25) is 0 Å². The van der Waals surface area contributed by atoms with Crippen LogP contribution in [0.4, 0.5) is 0 Å². The minimum Gasteiger partial charge on any atom is -0.393 e. The number of benzene rings is 1. The number of hydrogen-bond acceptors (Lipinski definition) is 1. The van der Waals surface area contributed by atoms with Crippen LogP contribution in [0.3, 0.4) is 0 Å². The van der Waals surface area contributed by atoms with Crippen molar-refractivity contribution in [1.82, 2.24) is 0 Å². The molecule has 0 aliphatic heterocycles. The van der Waals surface area contributed by atoms with Crippen molar-refractivity contribution in [2.24, 2.45) is 40.4 Å². The molecule has 3 unspecified atom stereocenters. The number of aliphatic hydroxyl groups excluding tert-OH is 1. The normalized spacial score (nSPS) is 46.1. The van der Waals surface area contributed by atoms with Crippen LogP contribution >= 0.6 is 0 Å². The molecule has 29 heavy (non-hydrogen) atoms. The molecule has 4 aliphatic rings. The van der Waals surface area contributed by atoms with Crippen molar-refractivity contribution in [3.05, 3.63) is 35.4 Å². The van der Waals surface area contributed by atoms with Crippen molar-refractivity contribution in [2.75, 3.05) is 0 Å². The Balaban J connectivity index is 1.37. The highest BCUT2D eigenvalue weighted by Gasteiger charge is 2.59. The van der Waals surface area contributed by atoms with Crippen LogP contribution in [-0.4, -0.2) is 11.2 Å². The van der Waals surface area contributed by atoms with E-state index in [1.807, 2.05) is 0 Å². The quantitative estimate of drug-likeness (QED) is 0.511. The number of aryl methyl sites for hydroxylation is 1. The molecular weight excluding hydrogens is 352 g/mol. The molecule has 1 nitrogen and oxygen atoms in total. The highest BCUT2D eigenvalue weighted by atomic mass is 16.3. The van der Waals surface area contributed by atoms with Crippen LogP contribution < -0.4 is 0 Å². The SMILES string of the molecule is Cc1ccc(C#C[C@H]2CCC3C4CC[C@H]5C[C@H](O)CC[C@]5(C)C4CC[C@@]32C)cc1. The van der Waals surface area contributed by atoms with Gasteiger partial charge < -0.3 is 5.11 Å². The molecule has 0 aromatic heterocycles. The lowest BCUT2D eigenvalue weighted by atomic mass is 9.44. The molecule has 1 aromatic carbocycles. The van der Waals surface area contributed by atoms with Gasteiger partial charge in [-0.3, -0.25) is 0 Å². The van der Waals surface area contributed by atoms with Crippen LogP contribution in [0.5, 0.6) is 0 Å². The third-order valence-corrected chi connectivity index (χ3v) is 10.1. The van der Waals surface area contributed by atoms with Gasteiger partial charge in [0.05, 0.1) is 6.10 Å². The molecule has 0 saturated heterocycles. The van der Waals surface area contributed by atoms with Crippen LogP contribution in [0.2, 0.25) is 0 Å². The zero-order valence-corrected chi connectivity index (χ0v) is 18.6. The van der Waals surface area contributed by atoms with Crippen molar-refractivity contribution in [3.8, 4) is 11.8 Å². The van der Waals surface area contributed by atoms with Gasteiger partial charge in [0.15, 0.2) is 0 Å². The fourth-order valence-electron chi connectivity index (χ4n) is 8.28. The minimum absolute atomic E-state index is 0.0357. The van der Waals surface area contributed by atoms with E-state index in [2.05, 4.69) is 56.9 Å². The van der Waals surface area contributed by atoms with Crippen LogP contribution in [0.15, 0.2) is 24.3 Å². The Hall–Kier alpha value is -1.26. The van der Waals surface area contributed by atoms with E-state index < -0.39 is 0 Å². The van der Waals surface area contributed by atoms with Crippen molar-refractivity contribution in [1.29, 1.82) is 0 Å². The maximum absolute atomic E-state index is 10.2. The summed E-state index contributed by atoms with van der Waals surface area (Å²) in [6.45, 7) is 7.31. The van der Waals surface area contributed by atoms with E-state index in [4.69, 9.17) is 0 Å². The average Bonchev–Trinajstić information content (AvgIpc) is 3.04. The second kappa shape index (κ2) is 7.16. The molecule has 4 aliphatic carbocycles. The number of hydrogen-bond donors (Lipinski definition) is 1. The zero-order chi connectivity index (χ0) is 20.2. The maximum atomic E-state index is 10.2. The Bertz CT molecular complexity index is 813. The van der Waals surface area contributed by atoms with E-state index >= 15 is 0 Å². The van der Waals surface area contributed by atoms with Gasteiger partial charge >= 0.3 is 0 Å². The van der Waals surface area contributed by atoms with Crippen LogP contribution in [0, 0.1) is 59.2 Å². The van der Waals surface area contributed by atoms with Gasteiger partial charge in [-0.2, -0.15) is 0 Å². The van der Waals surface area contributed by atoms with Crippen molar-refractivity contribution in [2.45, 2.75) is 84.7 Å².